The fourth-order valence-electron chi connectivity index (χ4n) is 3.16. The smallest absolute Gasteiger partial charge is 0.213 e. The lowest BCUT2D eigenvalue weighted by atomic mass is 9.82. The summed E-state index contributed by atoms with van der Waals surface area (Å²) in [4.78, 5) is 0. The van der Waals surface area contributed by atoms with Crippen LogP contribution in [-0.4, -0.2) is 32.3 Å². The molecule has 1 unspecified atom stereocenters. The fraction of sp³-hybridized carbons (Fsp3) is 1.00. The minimum Gasteiger partial charge on any atom is -0.313 e. The molecular formula is C14H30N2O2S. The Hall–Kier alpha value is -0.130. The third-order valence-electron chi connectivity index (χ3n) is 3.24. The normalized spacial score (nSPS) is 22.5. The van der Waals surface area contributed by atoms with E-state index in [4.69, 9.17) is 0 Å². The van der Waals surface area contributed by atoms with Crippen LogP contribution >= 0.6 is 0 Å². The first-order valence-electron chi connectivity index (χ1n) is 7.24. The highest BCUT2D eigenvalue weighted by atomic mass is 32.2. The first-order chi connectivity index (χ1) is 8.49. The van der Waals surface area contributed by atoms with Crippen LogP contribution in [0.3, 0.4) is 0 Å². The van der Waals surface area contributed by atoms with Crippen molar-refractivity contribution in [3.05, 3.63) is 0 Å². The first kappa shape index (κ1) is 16.9. The maximum atomic E-state index is 12.2. The molecule has 1 fully saturated rings. The van der Waals surface area contributed by atoms with Gasteiger partial charge in [-0.3, -0.25) is 0 Å². The summed E-state index contributed by atoms with van der Waals surface area (Å²) in [7, 11) is -3.22. The van der Waals surface area contributed by atoms with E-state index in [0.29, 0.717) is 0 Å². The SMILES string of the molecule is CC(C)(C)CC(C)(C)NS(=O)(=O)CC1CCCCN1. The van der Waals surface area contributed by atoms with E-state index in [0.717, 1.165) is 32.2 Å². The minimum atomic E-state index is -3.22. The van der Waals surface area contributed by atoms with Crippen molar-refractivity contribution in [2.45, 2.75) is 71.9 Å². The molecule has 0 amide bonds. The summed E-state index contributed by atoms with van der Waals surface area (Å²) in [6.45, 7) is 11.3. The van der Waals surface area contributed by atoms with Crippen LogP contribution in [0.5, 0.6) is 0 Å². The highest BCUT2D eigenvalue weighted by molar-refractivity contribution is 7.89. The molecule has 114 valence electrons. The zero-order valence-electron chi connectivity index (χ0n) is 13.0. The highest BCUT2D eigenvalue weighted by Gasteiger charge is 2.31. The van der Waals surface area contributed by atoms with Crippen LogP contribution in [0.2, 0.25) is 0 Å². The van der Waals surface area contributed by atoms with Crippen molar-refractivity contribution in [2.24, 2.45) is 5.41 Å². The van der Waals surface area contributed by atoms with Gasteiger partial charge in [0.15, 0.2) is 0 Å². The molecule has 5 heteroatoms. The quantitative estimate of drug-likeness (QED) is 0.816. The minimum absolute atomic E-state index is 0.106. The molecule has 0 aromatic heterocycles. The van der Waals surface area contributed by atoms with Crippen molar-refractivity contribution in [1.29, 1.82) is 0 Å². The standard InChI is InChI=1S/C14H30N2O2S/c1-13(2,3)11-14(4,5)16-19(17,18)10-12-8-6-7-9-15-12/h12,15-16H,6-11H2,1-5H3. The Balaban J connectivity index is 2.57. The molecule has 0 saturated carbocycles. The fourth-order valence-corrected chi connectivity index (χ4v) is 4.97. The van der Waals surface area contributed by atoms with Gasteiger partial charge in [0, 0.05) is 11.6 Å². The number of hydrogen-bond donors (Lipinski definition) is 2. The van der Waals surface area contributed by atoms with Gasteiger partial charge in [0.25, 0.3) is 0 Å². The largest absolute Gasteiger partial charge is 0.313 e. The number of rotatable bonds is 5. The molecule has 1 aliphatic rings. The van der Waals surface area contributed by atoms with Gasteiger partial charge in [0.1, 0.15) is 0 Å². The van der Waals surface area contributed by atoms with Gasteiger partial charge in [0.2, 0.25) is 10.0 Å². The van der Waals surface area contributed by atoms with E-state index in [1.165, 1.54) is 0 Å². The number of sulfonamides is 1. The van der Waals surface area contributed by atoms with Gasteiger partial charge in [-0.25, -0.2) is 13.1 Å². The second-order valence-corrected chi connectivity index (χ2v) is 9.42. The van der Waals surface area contributed by atoms with Gasteiger partial charge < -0.3 is 5.32 Å². The Morgan fingerprint density at radius 2 is 1.79 bits per heavy atom. The summed E-state index contributed by atoms with van der Waals surface area (Å²) in [5.74, 6) is 0.195. The molecule has 4 nitrogen and oxygen atoms in total. The Morgan fingerprint density at radius 3 is 2.26 bits per heavy atom. The van der Waals surface area contributed by atoms with Crippen molar-refractivity contribution < 1.29 is 8.42 Å². The lowest BCUT2D eigenvalue weighted by Gasteiger charge is -2.33. The Labute approximate surface area is 118 Å². The van der Waals surface area contributed by atoms with Gasteiger partial charge in [0.05, 0.1) is 5.75 Å². The maximum Gasteiger partial charge on any atom is 0.213 e. The molecule has 1 saturated heterocycles. The molecule has 19 heavy (non-hydrogen) atoms. The average molecular weight is 290 g/mol. The van der Waals surface area contributed by atoms with E-state index in [2.05, 4.69) is 30.8 Å². The number of hydrogen-bond acceptors (Lipinski definition) is 3. The molecule has 0 aromatic rings. The van der Waals surface area contributed by atoms with Crippen molar-refractivity contribution in [3.8, 4) is 0 Å². The Bertz CT molecular complexity index is 377. The van der Waals surface area contributed by atoms with Crippen molar-refractivity contribution in [2.75, 3.05) is 12.3 Å². The predicted molar refractivity (Wildman–Crippen MR) is 80.7 cm³/mol. The topological polar surface area (TPSA) is 58.2 Å². The zero-order valence-corrected chi connectivity index (χ0v) is 13.9. The van der Waals surface area contributed by atoms with Crippen LogP contribution in [0.15, 0.2) is 0 Å². The van der Waals surface area contributed by atoms with Crippen LogP contribution in [-0.2, 0) is 10.0 Å². The van der Waals surface area contributed by atoms with Gasteiger partial charge in [-0.15, -0.1) is 0 Å². The Kier molecular flexibility index (Phi) is 5.43. The van der Waals surface area contributed by atoms with Gasteiger partial charge in [-0.05, 0) is 45.1 Å². The monoisotopic (exact) mass is 290 g/mol. The van der Waals surface area contributed by atoms with E-state index in [-0.39, 0.29) is 17.2 Å². The first-order valence-corrected chi connectivity index (χ1v) is 8.89. The summed E-state index contributed by atoms with van der Waals surface area (Å²) >= 11 is 0. The molecule has 1 atom stereocenters. The third-order valence-corrected chi connectivity index (χ3v) is 4.94. The van der Waals surface area contributed by atoms with Crippen molar-refractivity contribution in [1.82, 2.24) is 10.0 Å². The van der Waals surface area contributed by atoms with Crippen molar-refractivity contribution >= 4 is 10.0 Å². The van der Waals surface area contributed by atoms with Gasteiger partial charge in [-0.2, -0.15) is 0 Å². The van der Waals surface area contributed by atoms with Crippen LogP contribution in [0.25, 0.3) is 0 Å². The predicted octanol–water partition coefficient (Wildman–Crippen LogP) is 2.26. The lowest BCUT2D eigenvalue weighted by Crippen LogP contribution is -2.50. The maximum absolute atomic E-state index is 12.2. The van der Waals surface area contributed by atoms with Crippen LogP contribution in [0, 0.1) is 5.41 Å². The average Bonchev–Trinajstić information content (AvgIpc) is 2.11. The van der Waals surface area contributed by atoms with Crippen molar-refractivity contribution in [3.63, 3.8) is 0 Å². The highest BCUT2D eigenvalue weighted by Crippen LogP contribution is 2.27. The summed E-state index contributed by atoms with van der Waals surface area (Å²) in [5.41, 5.74) is -0.291. The molecule has 0 aromatic carbocycles. The van der Waals surface area contributed by atoms with Gasteiger partial charge >= 0.3 is 0 Å². The summed E-state index contributed by atoms with van der Waals surface area (Å²) in [5, 5.41) is 3.29. The molecular weight excluding hydrogens is 260 g/mol. The lowest BCUT2D eigenvalue weighted by molar-refractivity contribution is 0.269. The molecule has 0 aliphatic carbocycles. The molecule has 1 heterocycles. The Morgan fingerprint density at radius 1 is 1.16 bits per heavy atom. The second kappa shape index (κ2) is 6.10. The van der Waals surface area contributed by atoms with Crippen LogP contribution < -0.4 is 10.0 Å². The van der Waals surface area contributed by atoms with E-state index in [1.807, 2.05) is 13.8 Å². The summed E-state index contributed by atoms with van der Waals surface area (Å²) < 4.78 is 27.4. The molecule has 0 bridgehead atoms. The molecule has 0 spiro atoms. The molecule has 1 rings (SSSR count). The summed E-state index contributed by atoms with van der Waals surface area (Å²) in [6, 6.07) is 0.108. The number of nitrogens with one attached hydrogen (secondary N) is 2. The third kappa shape index (κ3) is 7.28. The molecule has 2 N–H and O–H groups in total. The summed E-state index contributed by atoms with van der Waals surface area (Å²) in [6.07, 6.45) is 4.05. The van der Waals surface area contributed by atoms with E-state index >= 15 is 0 Å². The number of piperidine rings is 1. The van der Waals surface area contributed by atoms with E-state index in [1.54, 1.807) is 0 Å². The van der Waals surface area contributed by atoms with E-state index < -0.39 is 15.6 Å². The molecule has 1 aliphatic heterocycles. The second-order valence-electron chi connectivity index (χ2n) is 7.65. The zero-order chi connectivity index (χ0) is 14.7. The van der Waals surface area contributed by atoms with Gasteiger partial charge in [-0.1, -0.05) is 27.2 Å². The molecule has 0 radical (unpaired) electrons. The van der Waals surface area contributed by atoms with Crippen LogP contribution in [0.4, 0.5) is 0 Å². The van der Waals surface area contributed by atoms with E-state index in [9.17, 15) is 8.42 Å². The van der Waals surface area contributed by atoms with Crippen LogP contribution in [0.1, 0.15) is 60.3 Å².